The minimum Gasteiger partial charge on any atom is -0.481 e. The summed E-state index contributed by atoms with van der Waals surface area (Å²) in [6, 6.07) is -1.38. The molecule has 5 N–H and O–H groups in total. The van der Waals surface area contributed by atoms with E-state index in [1.54, 1.807) is 0 Å². The highest BCUT2D eigenvalue weighted by Crippen LogP contribution is 1.99. The molecule has 0 spiro atoms. The van der Waals surface area contributed by atoms with Gasteiger partial charge < -0.3 is 45.1 Å². The van der Waals surface area contributed by atoms with Crippen molar-refractivity contribution in [1.29, 1.82) is 0 Å². The predicted octanol–water partition coefficient (Wildman–Crippen LogP) is -2.30. The van der Waals surface area contributed by atoms with Crippen molar-refractivity contribution in [1.82, 2.24) is 16.0 Å². The lowest BCUT2D eigenvalue weighted by molar-refractivity contribution is -0.145. The van der Waals surface area contributed by atoms with Crippen molar-refractivity contribution >= 4 is 35.4 Å². The molecule has 15 nitrogen and oxygen atoms in total. The zero-order valence-corrected chi connectivity index (χ0v) is 20.2. The highest BCUT2D eigenvalue weighted by atomic mass is 16.5. The summed E-state index contributed by atoms with van der Waals surface area (Å²) >= 11 is 0. The molecule has 0 aromatic rings. The Bertz CT molecular complexity index is 716. The first-order chi connectivity index (χ1) is 17.1. The normalized spacial score (nSPS) is 11.4. The lowest BCUT2D eigenvalue weighted by Gasteiger charge is -2.13. The molecule has 0 aromatic heterocycles. The third-order valence-electron chi connectivity index (χ3n) is 4.02. The van der Waals surface area contributed by atoms with E-state index in [4.69, 9.17) is 29.2 Å². The molecule has 3 amide bonds. The maximum Gasteiger partial charge on any atom is 0.326 e. The third kappa shape index (κ3) is 21.4. The van der Waals surface area contributed by atoms with E-state index >= 15 is 0 Å². The van der Waals surface area contributed by atoms with Gasteiger partial charge >= 0.3 is 11.9 Å². The summed E-state index contributed by atoms with van der Waals surface area (Å²) in [5.41, 5.74) is 0. The van der Waals surface area contributed by atoms with Crippen molar-refractivity contribution in [2.24, 2.45) is 0 Å². The number of carboxylic acid groups (broad SMARTS) is 2. The number of carboxylic acids is 2. The van der Waals surface area contributed by atoms with Gasteiger partial charge in [0.25, 0.3) is 0 Å². The standard InChI is InChI=1S/C21H35N3O12/c1-15(25)13-35-10-8-34-7-5-23-19(28)14-36-11-9-33-6-4-22-17(26)3-2-16(21(31)32)24-18(27)12-20(29)30/h16H,2-14H2,1H3,(H,22,26)(H,23,28)(H,24,27)(H,29,30)(H,31,32). The summed E-state index contributed by atoms with van der Waals surface area (Å²) < 4.78 is 20.6. The van der Waals surface area contributed by atoms with Crippen molar-refractivity contribution in [3.8, 4) is 0 Å². The van der Waals surface area contributed by atoms with Crippen LogP contribution in [-0.2, 0) is 47.7 Å². The molecule has 206 valence electrons. The Hall–Kier alpha value is -3.14. The van der Waals surface area contributed by atoms with Gasteiger partial charge in [0, 0.05) is 19.5 Å². The highest BCUT2D eigenvalue weighted by Gasteiger charge is 2.22. The monoisotopic (exact) mass is 521 g/mol. The number of carbonyl (C=O) groups is 6. The first-order valence-corrected chi connectivity index (χ1v) is 11.2. The SMILES string of the molecule is CC(=O)COCCOCCNC(=O)COCCOCCNC(=O)CCC(NC(=O)CC(=O)O)C(=O)O. The molecular formula is C21H35N3O12. The summed E-state index contributed by atoms with van der Waals surface area (Å²) in [5.74, 6) is -4.57. The van der Waals surface area contributed by atoms with Gasteiger partial charge in [-0.3, -0.25) is 24.0 Å². The number of hydrogen-bond donors (Lipinski definition) is 5. The second-order valence-corrected chi connectivity index (χ2v) is 7.30. The first-order valence-electron chi connectivity index (χ1n) is 11.2. The lowest BCUT2D eigenvalue weighted by atomic mass is 10.1. The van der Waals surface area contributed by atoms with Crippen LogP contribution in [0, 0.1) is 0 Å². The van der Waals surface area contributed by atoms with E-state index in [0.717, 1.165) is 0 Å². The third-order valence-corrected chi connectivity index (χ3v) is 4.02. The number of aliphatic carboxylic acids is 2. The van der Waals surface area contributed by atoms with Gasteiger partial charge in [-0.1, -0.05) is 0 Å². The van der Waals surface area contributed by atoms with Crippen molar-refractivity contribution < 1.29 is 57.9 Å². The van der Waals surface area contributed by atoms with Crippen LogP contribution in [0.15, 0.2) is 0 Å². The molecular weight excluding hydrogens is 486 g/mol. The molecule has 0 fully saturated rings. The minimum atomic E-state index is -1.39. The van der Waals surface area contributed by atoms with E-state index in [0.29, 0.717) is 26.4 Å². The van der Waals surface area contributed by atoms with Crippen molar-refractivity contribution in [2.75, 3.05) is 65.9 Å². The Labute approximate surface area is 208 Å². The Kier molecular flexibility index (Phi) is 19.3. The van der Waals surface area contributed by atoms with E-state index in [2.05, 4.69) is 10.6 Å². The smallest absolute Gasteiger partial charge is 0.326 e. The molecule has 0 aromatic carbocycles. The predicted molar refractivity (Wildman–Crippen MR) is 121 cm³/mol. The summed E-state index contributed by atoms with van der Waals surface area (Å²) in [4.78, 5) is 67.0. The number of ketones is 1. The number of amides is 3. The second-order valence-electron chi connectivity index (χ2n) is 7.30. The fourth-order valence-corrected chi connectivity index (χ4v) is 2.40. The Morgan fingerprint density at radius 1 is 0.694 bits per heavy atom. The Morgan fingerprint density at radius 3 is 1.75 bits per heavy atom. The average molecular weight is 522 g/mol. The van der Waals surface area contributed by atoms with Crippen LogP contribution in [0.2, 0.25) is 0 Å². The number of Topliss-reactive ketones (excluding diaryl/α,β-unsaturated/α-hetero) is 1. The number of hydrogen-bond acceptors (Lipinski definition) is 10. The number of ether oxygens (including phenoxy) is 4. The van der Waals surface area contributed by atoms with Crippen molar-refractivity contribution in [3.05, 3.63) is 0 Å². The van der Waals surface area contributed by atoms with Crippen molar-refractivity contribution in [2.45, 2.75) is 32.2 Å². The summed E-state index contributed by atoms with van der Waals surface area (Å²) in [7, 11) is 0. The maximum atomic E-state index is 11.8. The van der Waals surface area contributed by atoms with Crippen LogP contribution in [0.25, 0.3) is 0 Å². The van der Waals surface area contributed by atoms with E-state index in [1.807, 2.05) is 5.32 Å². The van der Waals surface area contributed by atoms with Crippen LogP contribution in [-0.4, -0.2) is 118 Å². The summed E-state index contributed by atoms with van der Waals surface area (Å²) in [6.45, 7) is 3.16. The minimum absolute atomic E-state index is 0.0472. The van der Waals surface area contributed by atoms with Gasteiger partial charge in [-0.15, -0.1) is 0 Å². The molecule has 0 bridgehead atoms. The zero-order chi connectivity index (χ0) is 27.2. The molecule has 15 heteroatoms. The van der Waals surface area contributed by atoms with Crippen molar-refractivity contribution in [3.63, 3.8) is 0 Å². The number of carbonyl (C=O) groups excluding carboxylic acids is 4. The molecule has 1 unspecified atom stereocenters. The van der Waals surface area contributed by atoms with E-state index in [9.17, 15) is 28.8 Å². The molecule has 1 atom stereocenters. The van der Waals surface area contributed by atoms with Gasteiger partial charge in [0.15, 0.2) is 5.78 Å². The fraction of sp³-hybridized carbons (Fsp3) is 0.714. The average Bonchev–Trinajstić information content (AvgIpc) is 2.79. The highest BCUT2D eigenvalue weighted by molar-refractivity contribution is 5.95. The zero-order valence-electron chi connectivity index (χ0n) is 20.2. The molecule has 0 heterocycles. The number of nitrogens with one attached hydrogen (secondary N) is 3. The molecule has 36 heavy (non-hydrogen) atoms. The second kappa shape index (κ2) is 21.2. The van der Waals surface area contributed by atoms with Crippen LogP contribution >= 0.6 is 0 Å². The summed E-state index contributed by atoms with van der Waals surface area (Å²) in [6.07, 6.45) is -1.26. The van der Waals surface area contributed by atoms with Crippen LogP contribution in [0.5, 0.6) is 0 Å². The largest absolute Gasteiger partial charge is 0.481 e. The van der Waals surface area contributed by atoms with Gasteiger partial charge in [0.1, 0.15) is 25.7 Å². The molecule has 0 aliphatic heterocycles. The fourth-order valence-electron chi connectivity index (χ4n) is 2.40. The van der Waals surface area contributed by atoms with E-state index in [-0.39, 0.29) is 64.1 Å². The molecule has 0 aliphatic carbocycles. The molecule has 0 aliphatic rings. The van der Waals surface area contributed by atoms with Crippen LogP contribution in [0.4, 0.5) is 0 Å². The quantitative estimate of drug-likeness (QED) is 0.0708. The van der Waals surface area contributed by atoms with Crippen LogP contribution in [0.3, 0.4) is 0 Å². The molecule has 0 saturated carbocycles. The molecule has 0 radical (unpaired) electrons. The summed E-state index contributed by atoms with van der Waals surface area (Å²) in [5, 5.41) is 24.7. The van der Waals surface area contributed by atoms with Crippen LogP contribution in [0.1, 0.15) is 26.2 Å². The van der Waals surface area contributed by atoms with Gasteiger partial charge in [-0.2, -0.15) is 0 Å². The topological polar surface area (TPSA) is 216 Å². The van der Waals surface area contributed by atoms with Gasteiger partial charge in [0.2, 0.25) is 17.7 Å². The lowest BCUT2D eigenvalue weighted by Crippen LogP contribution is -2.42. The van der Waals surface area contributed by atoms with Gasteiger partial charge in [-0.25, -0.2) is 4.79 Å². The molecule has 0 saturated heterocycles. The Morgan fingerprint density at radius 2 is 1.22 bits per heavy atom. The maximum absolute atomic E-state index is 11.8. The molecule has 0 rings (SSSR count). The Balaban J connectivity index is 3.64. The first kappa shape index (κ1) is 32.9. The van der Waals surface area contributed by atoms with Crippen LogP contribution < -0.4 is 16.0 Å². The van der Waals surface area contributed by atoms with Gasteiger partial charge in [-0.05, 0) is 13.3 Å². The number of rotatable bonds is 23. The van der Waals surface area contributed by atoms with Gasteiger partial charge in [0.05, 0.1) is 39.6 Å². The van der Waals surface area contributed by atoms with E-state index in [1.165, 1.54) is 6.92 Å². The van der Waals surface area contributed by atoms with E-state index < -0.39 is 36.2 Å².